The van der Waals surface area contributed by atoms with Crippen LogP contribution in [-0.4, -0.2) is 4.98 Å². The Bertz CT molecular complexity index is 473. The van der Waals surface area contributed by atoms with Gasteiger partial charge in [0, 0.05) is 22.8 Å². The molecule has 75 valence electrons. The third-order valence-electron chi connectivity index (χ3n) is 1.97. The van der Waals surface area contributed by atoms with Gasteiger partial charge in [0.1, 0.15) is 5.83 Å². The Hall–Kier alpha value is -1.48. The normalized spacial score (nSPS) is 11.7. The highest BCUT2D eigenvalue weighted by molar-refractivity contribution is 7.16. The van der Waals surface area contributed by atoms with E-state index in [1.54, 1.807) is 18.5 Å². The number of pyridine rings is 1. The molecule has 2 aromatic heterocycles. The molecule has 0 aliphatic heterocycles. The second-order valence-electron chi connectivity index (χ2n) is 2.96. The third-order valence-corrected chi connectivity index (χ3v) is 3.11. The Morgan fingerprint density at radius 2 is 2.27 bits per heavy atom. The summed E-state index contributed by atoms with van der Waals surface area (Å²) in [6.45, 7) is 3.40. The van der Waals surface area contributed by atoms with Gasteiger partial charge in [0.15, 0.2) is 0 Å². The Morgan fingerprint density at radius 1 is 1.40 bits per heavy atom. The highest BCUT2D eigenvalue weighted by atomic mass is 32.1. The first-order valence-electron chi connectivity index (χ1n) is 4.47. The second kappa shape index (κ2) is 4.36. The molecule has 15 heavy (non-hydrogen) atoms. The zero-order chi connectivity index (χ0) is 10.7. The van der Waals surface area contributed by atoms with Gasteiger partial charge < -0.3 is 0 Å². The summed E-state index contributed by atoms with van der Waals surface area (Å²) in [5.74, 6) is -0.282. The molecule has 0 aliphatic carbocycles. The van der Waals surface area contributed by atoms with Gasteiger partial charge in [-0.15, -0.1) is 11.3 Å². The molecule has 0 N–H and O–H groups in total. The monoisotopic (exact) mass is 218 g/mol. The summed E-state index contributed by atoms with van der Waals surface area (Å²) in [5.41, 5.74) is 1.01. The summed E-state index contributed by atoms with van der Waals surface area (Å²) in [4.78, 5) is 5.63. The highest BCUT2D eigenvalue weighted by Crippen LogP contribution is 2.31. The van der Waals surface area contributed by atoms with Crippen LogP contribution in [0.1, 0.15) is 4.88 Å². The van der Waals surface area contributed by atoms with Crippen molar-refractivity contribution in [2.75, 3.05) is 0 Å². The van der Waals surface area contributed by atoms with E-state index in [-0.39, 0.29) is 5.83 Å². The standard InChI is InChI=1S/C12H9FNS/c1-2-10(13)12-6-5-11(15-12)9-4-3-7-14-8-9/h2-8H,1H2/b10-2-. The molecule has 0 saturated carbocycles. The molecule has 0 atom stereocenters. The van der Waals surface area contributed by atoms with E-state index in [1.165, 1.54) is 17.4 Å². The van der Waals surface area contributed by atoms with Crippen LogP contribution in [0.5, 0.6) is 0 Å². The highest BCUT2D eigenvalue weighted by Gasteiger charge is 2.05. The van der Waals surface area contributed by atoms with Crippen LogP contribution in [0.15, 0.2) is 42.7 Å². The van der Waals surface area contributed by atoms with Crippen molar-refractivity contribution in [1.29, 1.82) is 0 Å². The minimum Gasteiger partial charge on any atom is -0.264 e. The van der Waals surface area contributed by atoms with Crippen molar-refractivity contribution < 1.29 is 4.39 Å². The van der Waals surface area contributed by atoms with Crippen LogP contribution >= 0.6 is 11.3 Å². The molecule has 3 heteroatoms. The molecule has 0 amide bonds. The maximum Gasteiger partial charge on any atom is 0.136 e. The van der Waals surface area contributed by atoms with Gasteiger partial charge in [-0.3, -0.25) is 4.98 Å². The Balaban J connectivity index is 2.36. The van der Waals surface area contributed by atoms with E-state index >= 15 is 0 Å². The average Bonchev–Trinajstić information content (AvgIpc) is 2.78. The molecule has 0 spiro atoms. The average molecular weight is 218 g/mol. The number of allylic oxidation sites excluding steroid dienone is 1. The molecule has 0 unspecified atom stereocenters. The summed E-state index contributed by atoms with van der Waals surface area (Å²) in [5, 5.41) is 0. The summed E-state index contributed by atoms with van der Waals surface area (Å²) < 4.78 is 13.2. The third kappa shape index (κ3) is 2.13. The van der Waals surface area contributed by atoms with Crippen molar-refractivity contribution in [3.63, 3.8) is 0 Å². The minimum absolute atomic E-state index is 0.282. The second-order valence-corrected chi connectivity index (χ2v) is 4.04. The quantitative estimate of drug-likeness (QED) is 0.743. The lowest BCUT2D eigenvalue weighted by molar-refractivity contribution is 0.764. The van der Waals surface area contributed by atoms with Gasteiger partial charge in [-0.05, 0) is 31.2 Å². The fourth-order valence-corrected chi connectivity index (χ4v) is 2.16. The molecule has 0 saturated heterocycles. The number of aromatic nitrogens is 1. The van der Waals surface area contributed by atoms with Gasteiger partial charge in [0.05, 0.1) is 4.88 Å². The smallest absolute Gasteiger partial charge is 0.136 e. The van der Waals surface area contributed by atoms with Gasteiger partial charge in [-0.2, -0.15) is 0 Å². The van der Waals surface area contributed by atoms with E-state index < -0.39 is 0 Å². The number of hydrogen-bond acceptors (Lipinski definition) is 2. The first-order valence-corrected chi connectivity index (χ1v) is 5.28. The molecule has 0 aliphatic rings. The molecule has 2 heterocycles. The molecular formula is C12H9FNS. The molecule has 0 fully saturated rings. The number of thiophene rings is 1. The van der Waals surface area contributed by atoms with Crippen molar-refractivity contribution in [2.45, 2.75) is 0 Å². The van der Waals surface area contributed by atoms with Crippen molar-refractivity contribution in [2.24, 2.45) is 0 Å². The van der Waals surface area contributed by atoms with Gasteiger partial charge >= 0.3 is 0 Å². The van der Waals surface area contributed by atoms with E-state index in [1.807, 2.05) is 18.2 Å². The fourth-order valence-electron chi connectivity index (χ4n) is 1.23. The van der Waals surface area contributed by atoms with Crippen LogP contribution < -0.4 is 0 Å². The Morgan fingerprint density at radius 3 is 2.93 bits per heavy atom. The predicted octanol–water partition coefficient (Wildman–Crippen LogP) is 3.95. The summed E-state index contributed by atoms with van der Waals surface area (Å²) in [6.07, 6.45) is 4.70. The lowest BCUT2D eigenvalue weighted by atomic mass is 10.2. The SMILES string of the molecule is [CH2]/C=C(\F)c1ccc(-c2cccnc2)s1. The topological polar surface area (TPSA) is 12.9 Å². The van der Waals surface area contributed by atoms with Crippen molar-refractivity contribution in [3.05, 3.63) is 54.5 Å². The largest absolute Gasteiger partial charge is 0.264 e. The van der Waals surface area contributed by atoms with E-state index in [2.05, 4.69) is 11.9 Å². The lowest BCUT2D eigenvalue weighted by Gasteiger charge is -1.94. The zero-order valence-electron chi connectivity index (χ0n) is 7.98. The number of rotatable bonds is 2. The molecular weight excluding hydrogens is 209 g/mol. The van der Waals surface area contributed by atoms with Gasteiger partial charge in [0.2, 0.25) is 0 Å². The van der Waals surface area contributed by atoms with Crippen molar-refractivity contribution in [3.8, 4) is 10.4 Å². The zero-order valence-corrected chi connectivity index (χ0v) is 8.80. The maximum absolute atomic E-state index is 13.2. The molecule has 1 nitrogen and oxygen atoms in total. The summed E-state index contributed by atoms with van der Waals surface area (Å²) in [6, 6.07) is 7.46. The van der Waals surface area contributed by atoms with E-state index in [4.69, 9.17) is 0 Å². The molecule has 1 radical (unpaired) electrons. The molecule has 2 rings (SSSR count). The Labute approximate surface area is 91.9 Å². The number of hydrogen-bond donors (Lipinski definition) is 0. The van der Waals surface area contributed by atoms with Gasteiger partial charge in [0.25, 0.3) is 0 Å². The minimum atomic E-state index is -0.282. The van der Waals surface area contributed by atoms with Crippen LogP contribution in [0.25, 0.3) is 16.3 Å². The van der Waals surface area contributed by atoms with Crippen LogP contribution in [0.3, 0.4) is 0 Å². The molecule has 2 aromatic rings. The molecule has 0 aromatic carbocycles. The van der Waals surface area contributed by atoms with Crippen molar-refractivity contribution >= 4 is 17.2 Å². The van der Waals surface area contributed by atoms with Crippen molar-refractivity contribution in [1.82, 2.24) is 4.98 Å². The van der Waals surface area contributed by atoms with E-state index in [0.717, 1.165) is 10.4 Å². The number of halogens is 1. The predicted molar refractivity (Wildman–Crippen MR) is 62.0 cm³/mol. The first-order chi connectivity index (χ1) is 7.31. The summed E-state index contributed by atoms with van der Waals surface area (Å²) in [7, 11) is 0. The fraction of sp³-hybridized carbons (Fsp3) is 0. The molecule has 0 bridgehead atoms. The van der Waals surface area contributed by atoms with E-state index in [0.29, 0.717) is 4.88 Å². The van der Waals surface area contributed by atoms with Gasteiger partial charge in [-0.1, -0.05) is 6.07 Å². The van der Waals surface area contributed by atoms with Gasteiger partial charge in [-0.25, -0.2) is 4.39 Å². The first kappa shape index (κ1) is 10.1. The Kier molecular flexibility index (Phi) is 2.92. The van der Waals surface area contributed by atoms with Crippen LogP contribution in [0, 0.1) is 6.92 Å². The lowest BCUT2D eigenvalue weighted by Crippen LogP contribution is -1.72. The van der Waals surface area contributed by atoms with Crippen LogP contribution in [0.2, 0.25) is 0 Å². The maximum atomic E-state index is 13.2. The van der Waals surface area contributed by atoms with Crippen LogP contribution in [0.4, 0.5) is 4.39 Å². The van der Waals surface area contributed by atoms with E-state index in [9.17, 15) is 4.39 Å². The van der Waals surface area contributed by atoms with Crippen LogP contribution in [-0.2, 0) is 0 Å². The summed E-state index contributed by atoms with van der Waals surface area (Å²) >= 11 is 1.40. The number of nitrogens with zero attached hydrogens (tertiary/aromatic N) is 1.